The molecule has 1 rings (SSSR count). The Balaban J connectivity index is 2.49. The van der Waals surface area contributed by atoms with Gasteiger partial charge in [0.15, 0.2) is 0 Å². The highest BCUT2D eigenvalue weighted by Crippen LogP contribution is 2.26. The highest BCUT2D eigenvalue weighted by molar-refractivity contribution is 7.98. The zero-order chi connectivity index (χ0) is 15.1. The maximum atomic E-state index is 11.2. The molecule has 1 atom stereocenters. The van der Waals surface area contributed by atoms with E-state index in [2.05, 4.69) is 9.72 Å². The molecule has 112 valence electrons. The Kier molecular flexibility index (Phi) is 6.81. The molecule has 2 N–H and O–H groups in total. The number of thioether (sulfide) groups is 1. The van der Waals surface area contributed by atoms with Gasteiger partial charge in [-0.15, -0.1) is 0 Å². The second-order valence-electron chi connectivity index (χ2n) is 4.52. The minimum absolute atomic E-state index is 0.364. The molecule has 0 saturated heterocycles. The molecule has 1 heterocycles. The number of esters is 1. The Morgan fingerprint density at radius 2 is 2.15 bits per heavy atom. The number of nitrogens with zero attached hydrogens (tertiary/aromatic N) is 1. The van der Waals surface area contributed by atoms with Gasteiger partial charge in [-0.25, -0.2) is 0 Å². The Morgan fingerprint density at radius 3 is 2.75 bits per heavy atom. The SMILES string of the molecule is COC(=O)C(N)CCSCc1ncc(C)c(OC)c1C. The number of pyridine rings is 1. The van der Waals surface area contributed by atoms with E-state index in [4.69, 9.17) is 10.5 Å². The van der Waals surface area contributed by atoms with E-state index in [0.717, 1.165) is 34.1 Å². The Labute approximate surface area is 124 Å². The van der Waals surface area contributed by atoms with Crippen LogP contribution < -0.4 is 10.5 Å². The van der Waals surface area contributed by atoms with Gasteiger partial charge in [0, 0.05) is 23.1 Å². The summed E-state index contributed by atoms with van der Waals surface area (Å²) in [5, 5.41) is 0. The molecule has 0 aliphatic carbocycles. The van der Waals surface area contributed by atoms with E-state index in [9.17, 15) is 4.79 Å². The predicted molar refractivity (Wildman–Crippen MR) is 81.0 cm³/mol. The van der Waals surface area contributed by atoms with Gasteiger partial charge in [-0.05, 0) is 26.0 Å². The molecule has 6 heteroatoms. The van der Waals surface area contributed by atoms with Gasteiger partial charge in [0.2, 0.25) is 0 Å². The number of aromatic nitrogens is 1. The number of rotatable bonds is 7. The molecule has 0 amide bonds. The van der Waals surface area contributed by atoms with E-state index in [1.54, 1.807) is 18.9 Å². The van der Waals surface area contributed by atoms with Crippen LogP contribution in [0.25, 0.3) is 0 Å². The van der Waals surface area contributed by atoms with Gasteiger partial charge in [-0.1, -0.05) is 0 Å². The van der Waals surface area contributed by atoms with Crippen LogP contribution in [0.1, 0.15) is 23.2 Å². The molecule has 1 unspecified atom stereocenters. The van der Waals surface area contributed by atoms with Crippen molar-refractivity contribution < 1.29 is 14.3 Å². The van der Waals surface area contributed by atoms with Crippen LogP contribution in [0.5, 0.6) is 5.75 Å². The lowest BCUT2D eigenvalue weighted by Gasteiger charge is -2.12. The topological polar surface area (TPSA) is 74.4 Å². The van der Waals surface area contributed by atoms with Gasteiger partial charge in [-0.2, -0.15) is 11.8 Å². The van der Waals surface area contributed by atoms with Crippen LogP contribution in [0, 0.1) is 13.8 Å². The molecule has 0 saturated carbocycles. The molecule has 1 aromatic rings. The van der Waals surface area contributed by atoms with Gasteiger partial charge in [-0.3, -0.25) is 9.78 Å². The normalized spacial score (nSPS) is 12.1. The largest absolute Gasteiger partial charge is 0.496 e. The van der Waals surface area contributed by atoms with Crippen LogP contribution in [0.3, 0.4) is 0 Å². The summed E-state index contributed by atoms with van der Waals surface area (Å²) >= 11 is 1.70. The Bertz CT molecular complexity index is 466. The third kappa shape index (κ3) is 4.38. The molecule has 0 aromatic carbocycles. The lowest BCUT2D eigenvalue weighted by Crippen LogP contribution is -2.31. The lowest BCUT2D eigenvalue weighted by molar-refractivity contribution is -0.142. The number of methoxy groups -OCH3 is 2. The quantitative estimate of drug-likeness (QED) is 0.611. The van der Waals surface area contributed by atoms with Crippen LogP contribution >= 0.6 is 11.8 Å². The molecule has 0 radical (unpaired) electrons. The summed E-state index contributed by atoms with van der Waals surface area (Å²) in [6.45, 7) is 3.99. The molecular formula is C14H22N2O3S. The first kappa shape index (κ1) is 16.8. The smallest absolute Gasteiger partial charge is 0.322 e. The minimum atomic E-state index is -0.547. The van der Waals surface area contributed by atoms with Crippen LogP contribution in [-0.4, -0.2) is 37.0 Å². The van der Waals surface area contributed by atoms with Crippen molar-refractivity contribution in [3.05, 3.63) is 23.0 Å². The van der Waals surface area contributed by atoms with E-state index in [0.29, 0.717) is 6.42 Å². The van der Waals surface area contributed by atoms with Crippen LogP contribution in [0.2, 0.25) is 0 Å². The summed E-state index contributed by atoms with van der Waals surface area (Å²) in [6, 6.07) is -0.547. The number of carbonyl (C=O) groups excluding carboxylic acids is 1. The summed E-state index contributed by atoms with van der Waals surface area (Å²) in [5.74, 6) is 2.09. The zero-order valence-corrected chi connectivity index (χ0v) is 13.3. The summed E-state index contributed by atoms with van der Waals surface area (Å²) in [7, 11) is 3.02. The van der Waals surface area contributed by atoms with Crippen molar-refractivity contribution in [3.8, 4) is 5.75 Å². The fraction of sp³-hybridized carbons (Fsp3) is 0.571. The molecule has 0 fully saturated rings. The van der Waals surface area contributed by atoms with Crippen molar-refractivity contribution >= 4 is 17.7 Å². The average Bonchev–Trinajstić information content (AvgIpc) is 2.44. The van der Waals surface area contributed by atoms with E-state index in [1.165, 1.54) is 7.11 Å². The number of hydrogen-bond donors (Lipinski definition) is 1. The number of nitrogens with two attached hydrogens (primary N) is 1. The van der Waals surface area contributed by atoms with Crippen molar-refractivity contribution in [1.82, 2.24) is 4.98 Å². The van der Waals surface area contributed by atoms with E-state index in [1.807, 2.05) is 20.0 Å². The number of hydrogen-bond acceptors (Lipinski definition) is 6. The van der Waals surface area contributed by atoms with Crippen molar-refractivity contribution in [2.75, 3.05) is 20.0 Å². The highest BCUT2D eigenvalue weighted by Gasteiger charge is 2.13. The fourth-order valence-corrected chi connectivity index (χ4v) is 2.91. The highest BCUT2D eigenvalue weighted by atomic mass is 32.2. The Hall–Kier alpha value is -1.27. The first-order valence-electron chi connectivity index (χ1n) is 6.41. The Morgan fingerprint density at radius 1 is 1.45 bits per heavy atom. The standard InChI is InChI=1S/C14H22N2O3S/c1-9-7-16-12(10(2)13(9)18-3)8-20-6-5-11(15)14(17)19-4/h7,11H,5-6,8,15H2,1-4H3. The van der Waals surface area contributed by atoms with Gasteiger partial charge in [0.05, 0.1) is 19.9 Å². The molecule has 0 spiro atoms. The number of carbonyl (C=O) groups is 1. The second-order valence-corrected chi connectivity index (χ2v) is 5.62. The van der Waals surface area contributed by atoms with Crippen LogP contribution in [0.4, 0.5) is 0 Å². The van der Waals surface area contributed by atoms with Crippen molar-refractivity contribution in [1.29, 1.82) is 0 Å². The summed E-state index contributed by atoms with van der Waals surface area (Å²) < 4.78 is 9.96. The monoisotopic (exact) mass is 298 g/mol. The van der Waals surface area contributed by atoms with Gasteiger partial charge >= 0.3 is 5.97 Å². The maximum absolute atomic E-state index is 11.2. The predicted octanol–water partition coefficient (Wildman–Crippen LogP) is 1.83. The second kappa shape index (κ2) is 8.11. The first-order chi connectivity index (χ1) is 9.51. The molecule has 20 heavy (non-hydrogen) atoms. The molecule has 0 aliphatic rings. The third-order valence-electron chi connectivity index (χ3n) is 3.07. The molecule has 5 nitrogen and oxygen atoms in total. The lowest BCUT2D eigenvalue weighted by atomic mass is 10.1. The minimum Gasteiger partial charge on any atom is -0.496 e. The van der Waals surface area contributed by atoms with Gasteiger partial charge < -0.3 is 15.2 Å². The van der Waals surface area contributed by atoms with Crippen molar-refractivity contribution in [3.63, 3.8) is 0 Å². The van der Waals surface area contributed by atoms with Crippen molar-refractivity contribution in [2.45, 2.75) is 32.1 Å². The number of ether oxygens (including phenoxy) is 2. The van der Waals surface area contributed by atoms with E-state index >= 15 is 0 Å². The first-order valence-corrected chi connectivity index (χ1v) is 7.57. The molecule has 1 aromatic heterocycles. The number of aryl methyl sites for hydroxylation is 1. The average molecular weight is 298 g/mol. The van der Waals surface area contributed by atoms with Crippen LogP contribution in [0.15, 0.2) is 6.20 Å². The van der Waals surface area contributed by atoms with E-state index in [-0.39, 0.29) is 5.97 Å². The third-order valence-corrected chi connectivity index (χ3v) is 4.07. The van der Waals surface area contributed by atoms with Crippen LogP contribution in [-0.2, 0) is 15.3 Å². The van der Waals surface area contributed by atoms with Gasteiger partial charge in [0.25, 0.3) is 0 Å². The summed E-state index contributed by atoms with van der Waals surface area (Å²) in [4.78, 5) is 15.6. The molecule has 0 aliphatic heterocycles. The molecular weight excluding hydrogens is 276 g/mol. The maximum Gasteiger partial charge on any atom is 0.322 e. The summed E-state index contributed by atoms with van der Waals surface area (Å²) in [6.07, 6.45) is 2.42. The van der Waals surface area contributed by atoms with Gasteiger partial charge in [0.1, 0.15) is 11.8 Å². The van der Waals surface area contributed by atoms with Crippen molar-refractivity contribution in [2.24, 2.45) is 5.73 Å². The summed E-state index contributed by atoms with van der Waals surface area (Å²) in [5.41, 5.74) is 8.78. The molecule has 0 bridgehead atoms. The van der Waals surface area contributed by atoms with E-state index < -0.39 is 6.04 Å². The zero-order valence-electron chi connectivity index (χ0n) is 12.4. The fourth-order valence-electron chi connectivity index (χ4n) is 1.86.